The lowest BCUT2D eigenvalue weighted by Gasteiger charge is -2.19. The Bertz CT molecular complexity index is 983. The fraction of sp³-hybridized carbons (Fsp3) is 0.176. The van der Waals surface area contributed by atoms with Crippen molar-refractivity contribution in [2.45, 2.75) is 12.6 Å². The SMILES string of the molecule is O=C(O)Cn1cc(Nc2ncc(Cl)c(NC(CO)c3ccccc3F)n2)cn1. The third-order valence-electron chi connectivity index (χ3n) is 3.70. The molecule has 0 amide bonds. The van der Waals surface area contributed by atoms with E-state index >= 15 is 0 Å². The minimum absolute atomic E-state index is 0.159. The second kappa shape index (κ2) is 8.63. The van der Waals surface area contributed by atoms with E-state index in [4.69, 9.17) is 16.7 Å². The number of benzene rings is 1. The molecule has 0 radical (unpaired) electrons. The van der Waals surface area contributed by atoms with E-state index in [-0.39, 0.29) is 35.5 Å². The average Bonchev–Trinajstić information content (AvgIpc) is 3.09. The zero-order valence-electron chi connectivity index (χ0n) is 14.4. The van der Waals surface area contributed by atoms with Crippen LogP contribution in [0.5, 0.6) is 0 Å². The number of anilines is 3. The molecule has 1 atom stereocenters. The molecule has 11 heteroatoms. The fourth-order valence-electron chi connectivity index (χ4n) is 2.46. The Kier molecular flexibility index (Phi) is 6.02. The van der Waals surface area contributed by atoms with Crippen LogP contribution < -0.4 is 10.6 Å². The summed E-state index contributed by atoms with van der Waals surface area (Å²) in [5.41, 5.74) is 0.742. The Morgan fingerprint density at radius 3 is 2.82 bits per heavy atom. The second-order valence-electron chi connectivity index (χ2n) is 5.74. The molecule has 4 N–H and O–H groups in total. The standard InChI is InChI=1S/C17H16ClFN6O3/c18-12-6-20-17(22-10-5-21-25(7-10)8-15(27)28)24-16(12)23-14(9-26)11-3-1-2-4-13(11)19/h1-7,14,26H,8-9H2,(H,27,28)(H2,20,22,23,24). The summed E-state index contributed by atoms with van der Waals surface area (Å²) in [5, 5.41) is 28.3. The van der Waals surface area contributed by atoms with Crippen LogP contribution in [0.2, 0.25) is 5.02 Å². The van der Waals surface area contributed by atoms with Gasteiger partial charge in [-0.15, -0.1) is 0 Å². The van der Waals surface area contributed by atoms with Gasteiger partial charge in [-0.3, -0.25) is 9.48 Å². The first-order valence-electron chi connectivity index (χ1n) is 8.12. The summed E-state index contributed by atoms with van der Waals surface area (Å²) in [7, 11) is 0. The molecule has 0 saturated heterocycles. The maximum atomic E-state index is 14.0. The minimum atomic E-state index is -1.02. The van der Waals surface area contributed by atoms with Gasteiger partial charge in [-0.1, -0.05) is 29.8 Å². The van der Waals surface area contributed by atoms with Gasteiger partial charge in [0.1, 0.15) is 17.4 Å². The largest absolute Gasteiger partial charge is 0.480 e. The number of nitrogens with zero attached hydrogens (tertiary/aromatic N) is 4. The number of carboxylic acid groups (broad SMARTS) is 1. The van der Waals surface area contributed by atoms with E-state index in [1.165, 1.54) is 29.3 Å². The quantitative estimate of drug-likeness (QED) is 0.449. The zero-order chi connectivity index (χ0) is 20.1. The summed E-state index contributed by atoms with van der Waals surface area (Å²) in [6.45, 7) is -0.664. The maximum absolute atomic E-state index is 14.0. The molecular formula is C17H16ClFN6O3. The van der Waals surface area contributed by atoms with Crippen molar-refractivity contribution in [3.8, 4) is 0 Å². The van der Waals surface area contributed by atoms with Crippen LogP contribution in [0.4, 0.5) is 21.8 Å². The molecule has 3 aromatic rings. The third-order valence-corrected chi connectivity index (χ3v) is 3.98. The van der Waals surface area contributed by atoms with E-state index in [9.17, 15) is 14.3 Å². The molecule has 0 aliphatic heterocycles. The molecule has 0 aliphatic carbocycles. The Labute approximate surface area is 163 Å². The summed E-state index contributed by atoms with van der Waals surface area (Å²) in [6, 6.07) is 5.29. The average molecular weight is 407 g/mol. The monoisotopic (exact) mass is 406 g/mol. The van der Waals surface area contributed by atoms with E-state index < -0.39 is 17.8 Å². The Balaban J connectivity index is 1.78. The van der Waals surface area contributed by atoms with Gasteiger partial charge >= 0.3 is 5.97 Å². The van der Waals surface area contributed by atoms with Gasteiger partial charge in [0.15, 0.2) is 5.82 Å². The Hall–Kier alpha value is -3.24. The highest BCUT2D eigenvalue weighted by Crippen LogP contribution is 2.26. The van der Waals surface area contributed by atoms with Crippen LogP contribution in [-0.4, -0.2) is 42.5 Å². The third kappa shape index (κ3) is 4.72. The van der Waals surface area contributed by atoms with Gasteiger partial charge in [-0.25, -0.2) is 9.37 Å². The molecule has 3 rings (SSSR count). The molecule has 28 heavy (non-hydrogen) atoms. The van der Waals surface area contributed by atoms with E-state index in [2.05, 4.69) is 25.7 Å². The Morgan fingerprint density at radius 2 is 2.11 bits per heavy atom. The summed E-state index contributed by atoms with van der Waals surface area (Å²) in [5.74, 6) is -1.14. The van der Waals surface area contributed by atoms with E-state index in [1.54, 1.807) is 18.2 Å². The highest BCUT2D eigenvalue weighted by Gasteiger charge is 2.17. The summed E-state index contributed by atoms with van der Waals surface area (Å²) >= 11 is 6.12. The lowest BCUT2D eigenvalue weighted by Crippen LogP contribution is -2.17. The molecule has 1 unspecified atom stereocenters. The summed E-state index contributed by atoms with van der Waals surface area (Å²) in [6.07, 6.45) is 4.25. The van der Waals surface area contributed by atoms with Crippen molar-refractivity contribution in [1.82, 2.24) is 19.7 Å². The van der Waals surface area contributed by atoms with Crippen molar-refractivity contribution in [2.24, 2.45) is 0 Å². The molecule has 0 saturated carbocycles. The molecule has 1 aromatic carbocycles. The van der Waals surface area contributed by atoms with Crippen LogP contribution in [-0.2, 0) is 11.3 Å². The van der Waals surface area contributed by atoms with Crippen LogP contribution in [0.15, 0.2) is 42.9 Å². The lowest BCUT2D eigenvalue weighted by atomic mass is 10.1. The van der Waals surface area contributed by atoms with Gasteiger partial charge in [0.2, 0.25) is 5.95 Å². The van der Waals surface area contributed by atoms with Gasteiger partial charge in [0, 0.05) is 11.8 Å². The van der Waals surface area contributed by atoms with Crippen molar-refractivity contribution < 1.29 is 19.4 Å². The van der Waals surface area contributed by atoms with Crippen LogP contribution in [0.3, 0.4) is 0 Å². The number of rotatable bonds is 8. The first kappa shape index (κ1) is 19.5. The number of aliphatic carboxylic acids is 1. The molecule has 0 aliphatic rings. The molecule has 0 spiro atoms. The predicted octanol–water partition coefficient (Wildman–Crippen LogP) is 2.44. The number of hydrogen-bond acceptors (Lipinski definition) is 7. The van der Waals surface area contributed by atoms with Crippen LogP contribution in [0, 0.1) is 5.82 Å². The van der Waals surface area contributed by atoms with Gasteiger partial charge in [0.25, 0.3) is 0 Å². The normalized spacial score (nSPS) is 11.8. The number of aromatic nitrogens is 4. The topological polar surface area (TPSA) is 125 Å². The van der Waals surface area contributed by atoms with Gasteiger partial charge in [-0.2, -0.15) is 10.1 Å². The minimum Gasteiger partial charge on any atom is -0.480 e. The number of aliphatic hydroxyl groups excluding tert-OH is 1. The lowest BCUT2D eigenvalue weighted by molar-refractivity contribution is -0.137. The predicted molar refractivity (Wildman–Crippen MR) is 100 cm³/mol. The van der Waals surface area contributed by atoms with Crippen molar-refractivity contribution >= 4 is 35.0 Å². The molecule has 2 heterocycles. The van der Waals surface area contributed by atoms with Crippen molar-refractivity contribution in [2.75, 3.05) is 17.2 Å². The van der Waals surface area contributed by atoms with Crippen molar-refractivity contribution in [3.63, 3.8) is 0 Å². The summed E-state index contributed by atoms with van der Waals surface area (Å²) < 4.78 is 15.2. The molecule has 0 bridgehead atoms. The van der Waals surface area contributed by atoms with Crippen LogP contribution in [0.1, 0.15) is 11.6 Å². The molecule has 146 valence electrons. The van der Waals surface area contributed by atoms with Crippen LogP contribution in [0.25, 0.3) is 0 Å². The number of carboxylic acids is 1. The fourth-order valence-corrected chi connectivity index (χ4v) is 2.60. The van der Waals surface area contributed by atoms with Crippen molar-refractivity contribution in [3.05, 3.63) is 59.3 Å². The number of aliphatic hydroxyl groups is 1. The highest BCUT2D eigenvalue weighted by molar-refractivity contribution is 6.32. The van der Waals surface area contributed by atoms with E-state index in [1.807, 2.05) is 0 Å². The number of carbonyl (C=O) groups is 1. The number of hydrogen-bond donors (Lipinski definition) is 4. The first-order valence-corrected chi connectivity index (χ1v) is 8.49. The Morgan fingerprint density at radius 1 is 1.32 bits per heavy atom. The van der Waals surface area contributed by atoms with Crippen molar-refractivity contribution in [1.29, 1.82) is 0 Å². The first-order chi connectivity index (χ1) is 13.5. The zero-order valence-corrected chi connectivity index (χ0v) is 15.1. The van der Waals surface area contributed by atoms with Crippen LogP contribution >= 0.6 is 11.6 Å². The number of nitrogens with one attached hydrogen (secondary N) is 2. The maximum Gasteiger partial charge on any atom is 0.325 e. The highest BCUT2D eigenvalue weighted by atomic mass is 35.5. The van der Waals surface area contributed by atoms with Gasteiger partial charge < -0.3 is 20.8 Å². The van der Waals surface area contributed by atoms with Gasteiger partial charge in [0.05, 0.1) is 30.7 Å². The molecular weight excluding hydrogens is 391 g/mol. The molecule has 2 aromatic heterocycles. The smallest absolute Gasteiger partial charge is 0.325 e. The van der Waals surface area contributed by atoms with E-state index in [0.29, 0.717) is 5.69 Å². The second-order valence-corrected chi connectivity index (χ2v) is 6.14. The van der Waals surface area contributed by atoms with Gasteiger partial charge in [-0.05, 0) is 6.07 Å². The summed E-state index contributed by atoms with van der Waals surface area (Å²) in [4.78, 5) is 19.0. The number of halogens is 2. The molecule has 0 fully saturated rings. The van der Waals surface area contributed by atoms with E-state index in [0.717, 1.165) is 0 Å². The molecule has 9 nitrogen and oxygen atoms in total.